The molecule has 148 valence electrons. The van der Waals surface area contributed by atoms with E-state index in [-0.39, 0.29) is 5.69 Å². The quantitative estimate of drug-likeness (QED) is 0.348. The van der Waals surface area contributed by atoms with Crippen LogP contribution in [0.1, 0.15) is 16.7 Å². The zero-order valence-corrected chi connectivity index (χ0v) is 18.3. The summed E-state index contributed by atoms with van der Waals surface area (Å²) < 4.78 is 4.70. The third-order valence-corrected chi connectivity index (χ3v) is 5.75. The Hall–Kier alpha value is -3.14. The van der Waals surface area contributed by atoms with E-state index in [1.54, 1.807) is 10.9 Å². The van der Waals surface area contributed by atoms with Crippen molar-refractivity contribution < 1.29 is 0 Å². The number of imidazole rings is 2. The van der Waals surface area contributed by atoms with E-state index in [1.807, 2.05) is 35.8 Å². The number of hydrogen-bond acceptors (Lipinski definition) is 5. The van der Waals surface area contributed by atoms with E-state index in [0.717, 1.165) is 11.1 Å². The van der Waals surface area contributed by atoms with E-state index in [0.29, 0.717) is 35.8 Å². The fourth-order valence-electron chi connectivity index (χ4n) is 3.45. The summed E-state index contributed by atoms with van der Waals surface area (Å²) >= 11 is 2.29. The number of halogens is 1. The molecule has 0 unspecified atom stereocenters. The highest BCUT2D eigenvalue weighted by Crippen LogP contribution is 2.23. The Labute approximate surface area is 186 Å². The molecule has 2 aliphatic heterocycles. The van der Waals surface area contributed by atoms with Crippen LogP contribution in [0.4, 0.5) is 0 Å². The van der Waals surface area contributed by atoms with Crippen molar-refractivity contribution in [2.45, 2.75) is 20.0 Å². The number of rotatable bonds is 4. The predicted molar refractivity (Wildman–Crippen MR) is 123 cm³/mol. The van der Waals surface area contributed by atoms with Crippen molar-refractivity contribution >= 4 is 33.8 Å². The molecule has 30 heavy (non-hydrogen) atoms. The van der Waals surface area contributed by atoms with Gasteiger partial charge >= 0.3 is 5.69 Å². The summed E-state index contributed by atoms with van der Waals surface area (Å²) in [5, 5.41) is 0. The summed E-state index contributed by atoms with van der Waals surface area (Å²) in [4.78, 5) is 30.3. The molecule has 5 rings (SSSR count). The number of aromatic nitrogens is 6. The second-order valence-corrected chi connectivity index (χ2v) is 8.43. The highest BCUT2D eigenvalue weighted by Gasteiger charge is 2.21. The van der Waals surface area contributed by atoms with Crippen LogP contribution < -0.4 is 5.69 Å². The topological polar surface area (TPSA) is 78.5 Å². The van der Waals surface area contributed by atoms with Gasteiger partial charge in [0.2, 0.25) is 0 Å². The van der Waals surface area contributed by atoms with Crippen molar-refractivity contribution in [1.29, 1.82) is 0 Å². The molecule has 0 amide bonds. The number of hydrogen-bond donors (Lipinski definition) is 0. The van der Waals surface area contributed by atoms with Crippen LogP contribution in [-0.4, -0.2) is 29.1 Å². The first kappa shape index (κ1) is 18.9. The van der Waals surface area contributed by atoms with Crippen molar-refractivity contribution in [3.63, 3.8) is 0 Å². The number of fused-ring (bicyclic) bond motifs is 3. The third-order valence-electron chi connectivity index (χ3n) is 5.03. The average Bonchev–Trinajstić information content (AvgIpc) is 3.21. The highest BCUT2D eigenvalue weighted by molar-refractivity contribution is 14.1. The fourth-order valence-corrected chi connectivity index (χ4v) is 3.81. The Kier molecular flexibility index (Phi) is 4.78. The second-order valence-electron chi connectivity index (χ2n) is 7.18. The molecule has 3 heterocycles. The highest BCUT2D eigenvalue weighted by atomic mass is 127. The number of benzene rings is 2. The molecule has 0 saturated carbocycles. The van der Waals surface area contributed by atoms with Gasteiger partial charge in [-0.3, -0.25) is 4.57 Å². The standard InChI is InChI=1S/C22H17IN6O/c1-14-2-4-16(5-3-14)11-29-21-19(27-22(29)30)18-20(24-12-25-21)28(13-26-18)10-15-6-8-17(23)9-7-15/h2-9,12-13H,10-11H2,1H3. The van der Waals surface area contributed by atoms with Gasteiger partial charge in [0.15, 0.2) is 11.5 Å². The molecule has 8 heteroatoms. The second kappa shape index (κ2) is 7.60. The van der Waals surface area contributed by atoms with E-state index in [9.17, 15) is 4.79 Å². The summed E-state index contributed by atoms with van der Waals surface area (Å²) in [7, 11) is 0. The molecule has 2 aromatic carbocycles. The molecule has 2 aliphatic rings. The van der Waals surface area contributed by atoms with Gasteiger partial charge in [-0.2, -0.15) is 4.98 Å². The van der Waals surface area contributed by atoms with Gasteiger partial charge in [-0.25, -0.2) is 19.7 Å². The van der Waals surface area contributed by atoms with E-state index in [4.69, 9.17) is 0 Å². The number of aryl methyl sites for hydroxylation is 1. The monoisotopic (exact) mass is 508 g/mol. The molecular weight excluding hydrogens is 491 g/mol. The van der Waals surface area contributed by atoms with Crippen molar-refractivity contribution in [1.82, 2.24) is 29.1 Å². The molecular formula is C22H17IN6O. The zero-order valence-electron chi connectivity index (χ0n) is 16.2. The van der Waals surface area contributed by atoms with Crippen molar-refractivity contribution in [2.24, 2.45) is 0 Å². The lowest BCUT2D eigenvalue weighted by atomic mass is 10.1. The molecule has 0 saturated heterocycles. The molecule has 0 aliphatic carbocycles. The summed E-state index contributed by atoms with van der Waals surface area (Å²) in [5.74, 6) is 0.489. The van der Waals surface area contributed by atoms with Crippen LogP contribution in [0.25, 0.3) is 22.7 Å². The molecule has 0 radical (unpaired) electrons. The maximum absolute atomic E-state index is 12.6. The molecule has 0 spiro atoms. The van der Waals surface area contributed by atoms with E-state index in [2.05, 4.69) is 66.8 Å². The van der Waals surface area contributed by atoms with Crippen LogP contribution in [0.15, 0.2) is 66.0 Å². The maximum atomic E-state index is 12.6. The normalized spacial score (nSPS) is 11.4. The SMILES string of the molecule is Cc1ccc(Cn2c3ncnc4c(ncn4Cc4ccc(I)cc4)c-3nc2=O)cc1. The first-order valence-electron chi connectivity index (χ1n) is 9.45. The maximum Gasteiger partial charge on any atom is 0.350 e. The van der Waals surface area contributed by atoms with Crippen LogP contribution in [0.2, 0.25) is 0 Å². The zero-order chi connectivity index (χ0) is 20.7. The Morgan fingerprint density at radius 3 is 2.37 bits per heavy atom. The van der Waals surface area contributed by atoms with Gasteiger partial charge < -0.3 is 4.57 Å². The molecule has 7 nitrogen and oxygen atoms in total. The minimum atomic E-state index is -0.335. The van der Waals surface area contributed by atoms with Crippen LogP contribution >= 0.6 is 22.6 Å². The Balaban J connectivity index is 1.56. The largest absolute Gasteiger partial charge is 0.350 e. The van der Waals surface area contributed by atoms with Gasteiger partial charge in [0, 0.05) is 3.57 Å². The first-order chi connectivity index (χ1) is 14.6. The van der Waals surface area contributed by atoms with E-state index >= 15 is 0 Å². The van der Waals surface area contributed by atoms with Gasteiger partial charge in [0.05, 0.1) is 19.4 Å². The lowest BCUT2D eigenvalue weighted by Gasteiger charge is -2.04. The minimum absolute atomic E-state index is 0.335. The fraction of sp³-hybridized carbons (Fsp3) is 0.136. The van der Waals surface area contributed by atoms with Gasteiger partial charge in [-0.05, 0) is 52.8 Å². The third kappa shape index (κ3) is 3.47. The molecule has 0 N–H and O–H groups in total. The summed E-state index contributed by atoms with van der Waals surface area (Å²) in [6.07, 6.45) is 3.21. The van der Waals surface area contributed by atoms with Gasteiger partial charge in [-0.1, -0.05) is 42.0 Å². The van der Waals surface area contributed by atoms with E-state index in [1.165, 1.54) is 15.5 Å². The molecule has 3 aromatic rings. The predicted octanol–water partition coefficient (Wildman–Crippen LogP) is 3.50. The average molecular weight is 508 g/mol. The van der Waals surface area contributed by atoms with E-state index < -0.39 is 0 Å². The smallest absolute Gasteiger partial charge is 0.311 e. The Morgan fingerprint density at radius 1 is 0.900 bits per heavy atom. The Bertz CT molecular complexity index is 1370. The molecule has 0 bridgehead atoms. The van der Waals surface area contributed by atoms with Crippen LogP contribution in [-0.2, 0) is 13.1 Å². The lowest BCUT2D eigenvalue weighted by Crippen LogP contribution is -2.17. The van der Waals surface area contributed by atoms with Crippen LogP contribution in [0.3, 0.4) is 0 Å². The van der Waals surface area contributed by atoms with Crippen LogP contribution in [0.5, 0.6) is 0 Å². The van der Waals surface area contributed by atoms with Gasteiger partial charge in [0.25, 0.3) is 0 Å². The minimum Gasteiger partial charge on any atom is -0.311 e. The molecule has 1 aromatic heterocycles. The molecule has 0 atom stereocenters. The summed E-state index contributed by atoms with van der Waals surface area (Å²) in [5.41, 5.74) is 4.69. The van der Waals surface area contributed by atoms with Crippen molar-refractivity contribution in [2.75, 3.05) is 0 Å². The number of nitrogens with zero attached hydrogens (tertiary/aromatic N) is 6. The first-order valence-corrected chi connectivity index (χ1v) is 10.5. The summed E-state index contributed by atoms with van der Waals surface area (Å²) in [6.45, 7) is 3.06. The van der Waals surface area contributed by atoms with Crippen molar-refractivity contribution in [3.05, 3.63) is 91.9 Å². The Morgan fingerprint density at radius 2 is 1.60 bits per heavy atom. The van der Waals surface area contributed by atoms with Gasteiger partial charge in [-0.15, -0.1) is 0 Å². The summed E-state index contributed by atoms with van der Waals surface area (Å²) in [6, 6.07) is 16.4. The molecule has 0 fully saturated rings. The lowest BCUT2D eigenvalue weighted by molar-refractivity contribution is 0.758. The van der Waals surface area contributed by atoms with Crippen molar-refractivity contribution in [3.8, 4) is 11.5 Å². The van der Waals surface area contributed by atoms with Gasteiger partial charge in [0.1, 0.15) is 17.5 Å². The van der Waals surface area contributed by atoms with Crippen LogP contribution in [0, 0.1) is 10.5 Å².